The van der Waals surface area contributed by atoms with Gasteiger partial charge in [-0.3, -0.25) is 19.3 Å². The van der Waals surface area contributed by atoms with Crippen molar-refractivity contribution in [3.8, 4) is 11.5 Å². The molecule has 0 unspecified atom stereocenters. The first-order valence-corrected chi connectivity index (χ1v) is 10.9. The third-order valence-electron chi connectivity index (χ3n) is 5.71. The van der Waals surface area contributed by atoms with Crippen LogP contribution in [-0.2, 0) is 6.42 Å². The summed E-state index contributed by atoms with van der Waals surface area (Å²) in [5.74, 6) is 0.129. The fourth-order valence-electron chi connectivity index (χ4n) is 3.96. The van der Waals surface area contributed by atoms with Gasteiger partial charge in [0.1, 0.15) is 0 Å². The van der Waals surface area contributed by atoms with Gasteiger partial charge in [0, 0.05) is 30.3 Å². The minimum atomic E-state index is -0.379. The number of hydrogen-bond donors (Lipinski definition) is 1. The van der Waals surface area contributed by atoms with E-state index in [-0.39, 0.29) is 29.8 Å². The van der Waals surface area contributed by atoms with E-state index in [2.05, 4.69) is 5.32 Å². The molecular formula is C26H22N2O5. The van der Waals surface area contributed by atoms with Crippen molar-refractivity contribution < 1.29 is 23.9 Å². The number of hydrogen-bond acceptors (Lipinski definition) is 5. The number of anilines is 1. The highest BCUT2D eigenvalue weighted by molar-refractivity contribution is 6.22. The van der Waals surface area contributed by atoms with Gasteiger partial charge in [-0.15, -0.1) is 0 Å². The lowest BCUT2D eigenvalue weighted by atomic mass is 10.1. The molecular weight excluding hydrogens is 420 g/mol. The molecule has 2 heterocycles. The van der Waals surface area contributed by atoms with E-state index in [1.165, 1.54) is 11.0 Å². The molecule has 3 aromatic rings. The van der Waals surface area contributed by atoms with Crippen LogP contribution < -0.4 is 14.8 Å². The number of rotatable bonds is 5. The Morgan fingerprint density at radius 1 is 0.848 bits per heavy atom. The number of carbonyl (C=O) groups excluding carboxylic acids is 3. The van der Waals surface area contributed by atoms with Gasteiger partial charge in [0.05, 0.1) is 24.3 Å². The van der Waals surface area contributed by atoms with Gasteiger partial charge in [-0.1, -0.05) is 30.3 Å². The van der Waals surface area contributed by atoms with Crippen LogP contribution in [0, 0.1) is 0 Å². The lowest BCUT2D eigenvalue weighted by molar-refractivity contribution is 0.0656. The Morgan fingerprint density at radius 2 is 1.61 bits per heavy atom. The standard InChI is InChI=1S/C26H22N2O5/c29-24(27-19-8-10-22-23(16-19)33-14-4-13-32-22)18-7-9-20-21(15-18)26(31)28(25(20)30)12-11-17-5-2-1-3-6-17/h1-3,5-10,15-16H,4,11-14H2,(H,27,29). The van der Waals surface area contributed by atoms with Crippen molar-refractivity contribution in [1.82, 2.24) is 4.90 Å². The normalized spacial score (nSPS) is 14.6. The third-order valence-corrected chi connectivity index (χ3v) is 5.71. The first kappa shape index (κ1) is 20.8. The number of ether oxygens (including phenoxy) is 2. The lowest BCUT2D eigenvalue weighted by Crippen LogP contribution is -2.31. The molecule has 1 N–H and O–H groups in total. The summed E-state index contributed by atoms with van der Waals surface area (Å²) in [6.07, 6.45) is 1.37. The zero-order chi connectivity index (χ0) is 22.8. The molecule has 3 amide bonds. The maximum atomic E-state index is 12.9. The highest BCUT2D eigenvalue weighted by atomic mass is 16.5. The van der Waals surface area contributed by atoms with E-state index in [9.17, 15) is 14.4 Å². The zero-order valence-corrected chi connectivity index (χ0v) is 17.9. The Kier molecular flexibility index (Phi) is 5.52. The van der Waals surface area contributed by atoms with E-state index in [1.807, 2.05) is 30.3 Å². The minimum Gasteiger partial charge on any atom is -0.490 e. The molecule has 0 atom stereocenters. The molecule has 0 fully saturated rings. The second-order valence-electron chi connectivity index (χ2n) is 7.92. The van der Waals surface area contributed by atoms with Gasteiger partial charge >= 0.3 is 0 Å². The number of benzene rings is 3. The second kappa shape index (κ2) is 8.78. The van der Waals surface area contributed by atoms with Crippen LogP contribution in [0.3, 0.4) is 0 Å². The van der Waals surface area contributed by atoms with E-state index >= 15 is 0 Å². The van der Waals surface area contributed by atoms with Crippen LogP contribution in [-0.4, -0.2) is 42.4 Å². The molecule has 2 aliphatic heterocycles. The van der Waals surface area contributed by atoms with Crippen molar-refractivity contribution in [2.45, 2.75) is 12.8 Å². The summed E-state index contributed by atoms with van der Waals surface area (Å²) in [5.41, 5.74) is 2.47. The topological polar surface area (TPSA) is 84.9 Å². The predicted molar refractivity (Wildman–Crippen MR) is 122 cm³/mol. The molecule has 166 valence electrons. The molecule has 7 heteroatoms. The number of nitrogens with zero attached hydrogens (tertiary/aromatic N) is 1. The third kappa shape index (κ3) is 4.17. The Balaban J connectivity index is 1.31. The summed E-state index contributed by atoms with van der Waals surface area (Å²) in [6, 6.07) is 19.5. The molecule has 0 aromatic heterocycles. The van der Waals surface area contributed by atoms with Crippen molar-refractivity contribution in [3.63, 3.8) is 0 Å². The van der Waals surface area contributed by atoms with Crippen molar-refractivity contribution in [1.29, 1.82) is 0 Å². The Bertz CT molecular complexity index is 1240. The molecule has 3 aromatic carbocycles. The van der Waals surface area contributed by atoms with Gasteiger partial charge in [0.25, 0.3) is 17.7 Å². The van der Waals surface area contributed by atoms with Gasteiger partial charge < -0.3 is 14.8 Å². The summed E-state index contributed by atoms with van der Waals surface area (Å²) in [4.78, 5) is 39.7. The van der Waals surface area contributed by atoms with Crippen LogP contribution in [0.5, 0.6) is 11.5 Å². The molecule has 5 rings (SSSR count). The summed E-state index contributed by atoms with van der Waals surface area (Å²) in [6.45, 7) is 1.42. The highest BCUT2D eigenvalue weighted by Crippen LogP contribution is 2.32. The largest absolute Gasteiger partial charge is 0.490 e. The van der Waals surface area contributed by atoms with E-state index < -0.39 is 0 Å². The van der Waals surface area contributed by atoms with E-state index in [4.69, 9.17) is 9.47 Å². The van der Waals surface area contributed by atoms with Gasteiger partial charge in [0.2, 0.25) is 0 Å². The fourth-order valence-corrected chi connectivity index (χ4v) is 3.96. The first-order valence-electron chi connectivity index (χ1n) is 10.9. The average Bonchev–Trinajstić information content (AvgIpc) is 2.98. The summed E-state index contributed by atoms with van der Waals surface area (Å²) in [7, 11) is 0. The van der Waals surface area contributed by atoms with E-state index in [0.717, 1.165) is 12.0 Å². The molecule has 0 saturated carbocycles. The smallest absolute Gasteiger partial charge is 0.261 e. The molecule has 0 aliphatic carbocycles. The Morgan fingerprint density at radius 3 is 2.42 bits per heavy atom. The van der Waals surface area contributed by atoms with E-state index in [1.54, 1.807) is 30.3 Å². The Labute approximate surface area is 190 Å². The van der Waals surface area contributed by atoms with Gasteiger partial charge in [-0.2, -0.15) is 0 Å². The highest BCUT2D eigenvalue weighted by Gasteiger charge is 2.35. The molecule has 0 saturated heterocycles. The summed E-state index contributed by atoms with van der Waals surface area (Å²) in [5, 5.41) is 2.82. The minimum absolute atomic E-state index is 0.249. The maximum absolute atomic E-state index is 12.9. The quantitative estimate of drug-likeness (QED) is 0.605. The predicted octanol–water partition coefficient (Wildman–Crippen LogP) is 3.94. The monoisotopic (exact) mass is 442 g/mol. The summed E-state index contributed by atoms with van der Waals surface area (Å²) >= 11 is 0. The first-order chi connectivity index (χ1) is 16.1. The summed E-state index contributed by atoms with van der Waals surface area (Å²) < 4.78 is 11.3. The average molecular weight is 442 g/mol. The van der Waals surface area contributed by atoms with Crippen LogP contribution in [0.15, 0.2) is 66.7 Å². The fraction of sp³-hybridized carbons (Fsp3) is 0.192. The van der Waals surface area contributed by atoms with Crippen molar-refractivity contribution in [3.05, 3.63) is 89.0 Å². The number of nitrogens with one attached hydrogen (secondary N) is 1. The molecule has 0 bridgehead atoms. The van der Waals surface area contributed by atoms with Crippen LogP contribution in [0.25, 0.3) is 0 Å². The van der Waals surface area contributed by atoms with Crippen molar-refractivity contribution in [2.24, 2.45) is 0 Å². The lowest BCUT2D eigenvalue weighted by Gasteiger charge is -2.13. The number of amides is 3. The van der Waals surface area contributed by atoms with Gasteiger partial charge in [-0.05, 0) is 42.3 Å². The van der Waals surface area contributed by atoms with Gasteiger partial charge in [0.15, 0.2) is 11.5 Å². The molecule has 0 radical (unpaired) electrons. The number of imide groups is 1. The molecule has 0 spiro atoms. The van der Waals surface area contributed by atoms with E-state index in [0.29, 0.717) is 47.9 Å². The van der Waals surface area contributed by atoms with Crippen LogP contribution in [0.4, 0.5) is 5.69 Å². The van der Waals surface area contributed by atoms with Crippen LogP contribution in [0.1, 0.15) is 43.1 Å². The van der Waals surface area contributed by atoms with Crippen molar-refractivity contribution >= 4 is 23.4 Å². The molecule has 2 aliphatic rings. The number of carbonyl (C=O) groups is 3. The zero-order valence-electron chi connectivity index (χ0n) is 17.9. The Hall–Kier alpha value is -4.13. The van der Waals surface area contributed by atoms with Gasteiger partial charge in [-0.25, -0.2) is 0 Å². The van der Waals surface area contributed by atoms with Crippen LogP contribution >= 0.6 is 0 Å². The second-order valence-corrected chi connectivity index (χ2v) is 7.92. The SMILES string of the molecule is O=C(Nc1ccc2c(c1)OCCCO2)c1ccc2c(c1)C(=O)N(CCc1ccccc1)C2=O. The number of fused-ring (bicyclic) bond motifs is 2. The maximum Gasteiger partial charge on any atom is 0.261 e. The van der Waals surface area contributed by atoms with Crippen LogP contribution in [0.2, 0.25) is 0 Å². The molecule has 7 nitrogen and oxygen atoms in total. The molecule has 33 heavy (non-hydrogen) atoms. The van der Waals surface area contributed by atoms with Crippen molar-refractivity contribution in [2.75, 3.05) is 25.1 Å².